The molecule has 0 radical (unpaired) electrons. The van der Waals surface area contributed by atoms with Crippen molar-refractivity contribution in [2.75, 3.05) is 36.4 Å². The van der Waals surface area contributed by atoms with Crippen molar-refractivity contribution in [1.29, 1.82) is 0 Å². The van der Waals surface area contributed by atoms with Crippen LogP contribution in [-0.4, -0.2) is 42.1 Å². The highest BCUT2D eigenvalue weighted by Gasteiger charge is 2.22. The van der Waals surface area contributed by atoms with Gasteiger partial charge in [0.1, 0.15) is 0 Å². The Kier molecular flexibility index (Phi) is 7.81. The number of rotatable bonds is 4. The molecular weight excluding hydrogens is 451 g/mol. The van der Waals surface area contributed by atoms with Crippen LogP contribution < -0.4 is 15.5 Å². The fraction of sp³-hybridized carbons (Fsp3) is 0.391. The van der Waals surface area contributed by atoms with E-state index in [9.17, 15) is 4.79 Å². The molecule has 31 heavy (non-hydrogen) atoms. The van der Waals surface area contributed by atoms with Gasteiger partial charge in [0, 0.05) is 48.8 Å². The zero-order chi connectivity index (χ0) is 22.6. The zero-order valence-electron chi connectivity index (χ0n) is 18.0. The van der Waals surface area contributed by atoms with Crippen LogP contribution in [0.5, 0.6) is 0 Å². The number of nitrogens with one attached hydrogen (secondary N) is 2. The maximum Gasteiger partial charge on any atom is 0.231 e. The minimum atomic E-state index is -0.513. The third-order valence-corrected chi connectivity index (χ3v) is 6.05. The average molecular weight is 479 g/mol. The van der Waals surface area contributed by atoms with E-state index in [2.05, 4.69) is 26.5 Å². The molecule has 3 rings (SSSR count). The Morgan fingerprint density at radius 3 is 2.32 bits per heavy atom. The standard InChI is InChI=1S/C23H28Cl2N4OS/c1-23(2,3)21(30)27-22(31)26-17-8-9-20(19(25)14-17)29-12-10-28(11-13-29)15-16-6-4-5-7-18(16)24/h4-9,14H,10-13,15H2,1-3H3,(H2,26,27,30,31). The van der Waals surface area contributed by atoms with Crippen molar-refractivity contribution in [3.8, 4) is 0 Å². The number of hydrogen-bond donors (Lipinski definition) is 2. The van der Waals surface area contributed by atoms with Crippen molar-refractivity contribution in [3.63, 3.8) is 0 Å². The van der Waals surface area contributed by atoms with Gasteiger partial charge >= 0.3 is 0 Å². The van der Waals surface area contributed by atoms with Crippen LogP contribution in [0.25, 0.3) is 0 Å². The van der Waals surface area contributed by atoms with Crippen LogP contribution in [0.1, 0.15) is 26.3 Å². The van der Waals surface area contributed by atoms with Crippen molar-refractivity contribution in [2.45, 2.75) is 27.3 Å². The third kappa shape index (κ3) is 6.56. The monoisotopic (exact) mass is 478 g/mol. The molecule has 0 aromatic heterocycles. The molecule has 0 bridgehead atoms. The Hall–Kier alpha value is -1.86. The largest absolute Gasteiger partial charge is 0.368 e. The van der Waals surface area contributed by atoms with E-state index in [0.29, 0.717) is 5.02 Å². The number of amides is 1. The lowest BCUT2D eigenvalue weighted by molar-refractivity contribution is -0.126. The first-order chi connectivity index (χ1) is 14.6. The first kappa shape index (κ1) is 23.8. The highest BCUT2D eigenvalue weighted by molar-refractivity contribution is 7.80. The van der Waals surface area contributed by atoms with Gasteiger partial charge in [-0.15, -0.1) is 0 Å². The molecule has 1 amide bonds. The van der Waals surface area contributed by atoms with Gasteiger partial charge in [-0.2, -0.15) is 0 Å². The lowest BCUT2D eigenvalue weighted by Gasteiger charge is -2.36. The van der Waals surface area contributed by atoms with Crippen molar-refractivity contribution in [1.82, 2.24) is 10.2 Å². The van der Waals surface area contributed by atoms with Gasteiger partial charge in [-0.25, -0.2) is 0 Å². The summed E-state index contributed by atoms with van der Waals surface area (Å²) in [5.41, 5.74) is 2.38. The first-order valence-corrected chi connectivity index (χ1v) is 11.4. The van der Waals surface area contributed by atoms with Crippen LogP contribution in [0.2, 0.25) is 10.0 Å². The molecule has 166 valence electrons. The van der Waals surface area contributed by atoms with Crippen LogP contribution >= 0.6 is 35.4 Å². The van der Waals surface area contributed by atoms with Crippen LogP contribution in [0, 0.1) is 5.41 Å². The van der Waals surface area contributed by atoms with Crippen LogP contribution in [0.15, 0.2) is 42.5 Å². The summed E-state index contributed by atoms with van der Waals surface area (Å²) in [6, 6.07) is 13.7. The van der Waals surface area contributed by atoms with Crippen LogP contribution in [-0.2, 0) is 11.3 Å². The van der Waals surface area contributed by atoms with E-state index in [4.69, 9.17) is 35.4 Å². The van der Waals surface area contributed by atoms with Crippen LogP contribution in [0.3, 0.4) is 0 Å². The van der Waals surface area contributed by atoms with Gasteiger partial charge in [0.2, 0.25) is 5.91 Å². The molecule has 2 aromatic carbocycles. The topological polar surface area (TPSA) is 47.6 Å². The Labute approximate surface area is 199 Å². The number of carbonyl (C=O) groups is 1. The molecule has 1 aliphatic heterocycles. The second kappa shape index (κ2) is 10.2. The van der Waals surface area contributed by atoms with E-state index in [0.717, 1.165) is 54.7 Å². The summed E-state index contributed by atoms with van der Waals surface area (Å²) in [4.78, 5) is 16.8. The Morgan fingerprint density at radius 2 is 1.71 bits per heavy atom. The van der Waals surface area contributed by atoms with Gasteiger partial charge in [0.15, 0.2) is 5.11 Å². The van der Waals surface area contributed by atoms with Gasteiger partial charge in [0.25, 0.3) is 0 Å². The summed E-state index contributed by atoms with van der Waals surface area (Å²) in [5.74, 6) is -0.137. The molecule has 8 heteroatoms. The molecule has 2 N–H and O–H groups in total. The van der Waals surface area contributed by atoms with Crippen molar-refractivity contribution in [2.24, 2.45) is 5.41 Å². The summed E-state index contributed by atoms with van der Waals surface area (Å²) in [7, 11) is 0. The number of carbonyl (C=O) groups excluding carboxylic acids is 1. The number of benzene rings is 2. The fourth-order valence-corrected chi connectivity index (χ4v) is 4.01. The van der Waals surface area contributed by atoms with E-state index in [-0.39, 0.29) is 11.0 Å². The maximum absolute atomic E-state index is 12.1. The molecule has 2 aromatic rings. The van der Waals surface area contributed by atoms with Crippen molar-refractivity contribution < 1.29 is 4.79 Å². The van der Waals surface area contributed by atoms with Gasteiger partial charge in [0.05, 0.1) is 10.7 Å². The van der Waals surface area contributed by atoms with Crippen LogP contribution in [0.4, 0.5) is 11.4 Å². The molecule has 1 saturated heterocycles. The maximum atomic E-state index is 12.1. The minimum absolute atomic E-state index is 0.137. The first-order valence-electron chi connectivity index (χ1n) is 10.3. The summed E-state index contributed by atoms with van der Waals surface area (Å²) < 4.78 is 0. The molecule has 0 saturated carbocycles. The zero-order valence-corrected chi connectivity index (χ0v) is 20.4. The molecule has 1 fully saturated rings. The number of hydrogen-bond acceptors (Lipinski definition) is 4. The van der Waals surface area contributed by atoms with Gasteiger partial charge in [-0.05, 0) is 42.0 Å². The quantitative estimate of drug-likeness (QED) is 0.593. The Balaban J connectivity index is 1.55. The predicted octanol–water partition coefficient (Wildman–Crippen LogP) is 5.17. The van der Waals surface area contributed by atoms with E-state index < -0.39 is 5.41 Å². The highest BCUT2D eigenvalue weighted by Crippen LogP contribution is 2.30. The fourth-order valence-electron chi connectivity index (χ4n) is 3.31. The van der Waals surface area contributed by atoms with Gasteiger partial charge in [-0.1, -0.05) is 62.2 Å². The lowest BCUT2D eigenvalue weighted by Crippen LogP contribution is -2.46. The summed E-state index contributed by atoms with van der Waals surface area (Å²) in [5, 5.41) is 7.46. The van der Waals surface area contributed by atoms with Gasteiger partial charge < -0.3 is 15.5 Å². The summed E-state index contributed by atoms with van der Waals surface area (Å²) in [6.45, 7) is 10.0. The SMILES string of the molecule is CC(C)(C)C(=O)NC(=S)Nc1ccc(N2CCN(Cc3ccccc3Cl)CC2)c(Cl)c1. The molecule has 1 heterocycles. The van der Waals surface area contributed by atoms with Crippen molar-refractivity contribution in [3.05, 3.63) is 58.1 Å². The minimum Gasteiger partial charge on any atom is -0.368 e. The number of anilines is 2. The average Bonchev–Trinajstić information content (AvgIpc) is 2.70. The summed E-state index contributed by atoms with van der Waals surface area (Å²) >= 11 is 18.1. The second-order valence-electron chi connectivity index (χ2n) is 8.68. The molecule has 0 atom stereocenters. The van der Waals surface area contributed by atoms with E-state index in [1.807, 2.05) is 57.2 Å². The normalized spacial score (nSPS) is 14.9. The van der Waals surface area contributed by atoms with E-state index >= 15 is 0 Å². The molecule has 5 nitrogen and oxygen atoms in total. The molecule has 0 spiro atoms. The second-order valence-corrected chi connectivity index (χ2v) is 9.90. The van der Waals surface area contributed by atoms with E-state index in [1.165, 1.54) is 0 Å². The number of thiocarbonyl (C=S) groups is 1. The smallest absolute Gasteiger partial charge is 0.231 e. The molecule has 0 unspecified atom stereocenters. The number of piperazine rings is 1. The Bertz CT molecular complexity index is 953. The van der Waals surface area contributed by atoms with Crippen molar-refractivity contribution >= 4 is 57.8 Å². The third-order valence-electron chi connectivity index (χ3n) is 5.18. The highest BCUT2D eigenvalue weighted by atomic mass is 35.5. The number of halogens is 2. The lowest BCUT2D eigenvalue weighted by atomic mass is 9.96. The molecule has 1 aliphatic rings. The molecular formula is C23H28Cl2N4OS. The number of nitrogens with zero attached hydrogens (tertiary/aromatic N) is 2. The van der Waals surface area contributed by atoms with E-state index in [1.54, 1.807) is 0 Å². The Morgan fingerprint density at radius 1 is 1.03 bits per heavy atom. The molecule has 0 aliphatic carbocycles. The summed E-state index contributed by atoms with van der Waals surface area (Å²) in [6.07, 6.45) is 0. The predicted molar refractivity (Wildman–Crippen MR) is 134 cm³/mol. The van der Waals surface area contributed by atoms with Gasteiger partial charge in [-0.3, -0.25) is 9.69 Å².